The molecular weight excluding hydrogens is 474 g/mol. The molecular formula is C29H22ClN3O3. The van der Waals surface area contributed by atoms with Crippen LogP contribution < -0.4 is 0 Å². The van der Waals surface area contributed by atoms with E-state index in [4.69, 9.17) is 16.7 Å². The second-order valence-electron chi connectivity index (χ2n) is 8.39. The van der Waals surface area contributed by atoms with E-state index in [9.17, 15) is 15.2 Å². The summed E-state index contributed by atoms with van der Waals surface area (Å²) in [5.41, 5.74) is 2.37. The van der Waals surface area contributed by atoms with Gasteiger partial charge in [-0.3, -0.25) is 14.8 Å². The molecule has 1 unspecified atom stereocenters. The first kappa shape index (κ1) is 23.5. The third kappa shape index (κ3) is 4.06. The Morgan fingerprint density at radius 2 is 1.33 bits per heavy atom. The summed E-state index contributed by atoms with van der Waals surface area (Å²) in [6.07, 6.45) is 1.99. The number of nitro groups is 1. The highest BCUT2D eigenvalue weighted by Crippen LogP contribution is 2.41. The number of nitrogens with zero attached hydrogens (tertiary/aromatic N) is 3. The molecule has 0 saturated heterocycles. The third-order valence-electron chi connectivity index (χ3n) is 6.32. The van der Waals surface area contributed by atoms with E-state index >= 15 is 0 Å². The van der Waals surface area contributed by atoms with Crippen LogP contribution in [0.4, 0.5) is 5.69 Å². The van der Waals surface area contributed by atoms with Crippen LogP contribution in [0.1, 0.15) is 33.9 Å². The van der Waals surface area contributed by atoms with Gasteiger partial charge in [0.25, 0.3) is 5.69 Å². The van der Waals surface area contributed by atoms with Crippen molar-refractivity contribution in [3.63, 3.8) is 0 Å². The van der Waals surface area contributed by atoms with Crippen LogP contribution in [-0.4, -0.2) is 19.8 Å². The zero-order chi connectivity index (χ0) is 25.1. The lowest BCUT2D eigenvalue weighted by Crippen LogP contribution is -2.38. The molecule has 0 aliphatic heterocycles. The Hall–Kier alpha value is -4.26. The molecule has 7 heteroatoms. The zero-order valence-electron chi connectivity index (χ0n) is 19.1. The first-order valence-electron chi connectivity index (χ1n) is 11.4. The molecule has 0 radical (unpaired) electrons. The lowest BCUT2D eigenvalue weighted by molar-refractivity contribution is -0.386. The maximum Gasteiger partial charge on any atom is 0.275 e. The van der Waals surface area contributed by atoms with Crippen molar-refractivity contribution in [1.29, 1.82) is 0 Å². The minimum atomic E-state index is -1.29. The first-order valence-corrected chi connectivity index (χ1v) is 11.7. The van der Waals surface area contributed by atoms with Crippen LogP contribution in [0.3, 0.4) is 0 Å². The fourth-order valence-electron chi connectivity index (χ4n) is 4.69. The summed E-state index contributed by atoms with van der Waals surface area (Å²) >= 11 is 6.12. The standard InChI is InChI=1S/C29H22ClN3O3/c30-25-16-17-27(33(35)36)26(18-25)28(34)21-19-31-32(20-21)29(22-10-4-1-5-11-22,23-12-6-2-7-13-23)24-14-8-3-9-15-24/h1-20,28,34H. The Labute approximate surface area is 213 Å². The Balaban J connectivity index is 1.74. The van der Waals surface area contributed by atoms with Gasteiger partial charge in [-0.25, -0.2) is 0 Å². The highest BCUT2D eigenvalue weighted by atomic mass is 35.5. The number of aliphatic hydroxyl groups excluding tert-OH is 1. The quantitative estimate of drug-likeness (QED) is 0.162. The smallest absolute Gasteiger partial charge is 0.275 e. The van der Waals surface area contributed by atoms with E-state index in [1.807, 2.05) is 95.7 Å². The number of aromatic nitrogens is 2. The minimum absolute atomic E-state index is 0.108. The van der Waals surface area contributed by atoms with Gasteiger partial charge in [-0.2, -0.15) is 5.10 Å². The first-order chi connectivity index (χ1) is 17.5. The molecule has 6 nitrogen and oxygen atoms in total. The molecule has 0 aliphatic rings. The normalized spacial score (nSPS) is 12.3. The number of hydrogen-bond acceptors (Lipinski definition) is 4. The van der Waals surface area contributed by atoms with Crippen LogP contribution >= 0.6 is 11.6 Å². The third-order valence-corrected chi connectivity index (χ3v) is 6.55. The summed E-state index contributed by atoms with van der Waals surface area (Å²) in [6.45, 7) is 0. The highest BCUT2D eigenvalue weighted by Gasteiger charge is 2.39. The van der Waals surface area contributed by atoms with Crippen molar-refractivity contribution < 1.29 is 10.0 Å². The Kier molecular flexibility index (Phi) is 6.38. The van der Waals surface area contributed by atoms with Crippen molar-refractivity contribution in [2.75, 3.05) is 0 Å². The fourth-order valence-corrected chi connectivity index (χ4v) is 4.87. The maximum absolute atomic E-state index is 11.6. The van der Waals surface area contributed by atoms with E-state index in [0.717, 1.165) is 16.7 Å². The largest absolute Gasteiger partial charge is 0.383 e. The summed E-state index contributed by atoms with van der Waals surface area (Å²) in [4.78, 5) is 11.1. The van der Waals surface area contributed by atoms with Crippen LogP contribution in [0.2, 0.25) is 5.02 Å². The lowest BCUT2D eigenvalue weighted by Gasteiger charge is -2.36. The fraction of sp³-hybridized carbons (Fsp3) is 0.0690. The van der Waals surface area contributed by atoms with Gasteiger partial charge in [-0.05, 0) is 28.8 Å². The number of halogens is 1. The number of hydrogen-bond donors (Lipinski definition) is 1. The van der Waals surface area contributed by atoms with Gasteiger partial charge in [-0.15, -0.1) is 0 Å². The van der Waals surface area contributed by atoms with Crippen molar-refractivity contribution in [2.24, 2.45) is 0 Å². The molecule has 0 spiro atoms. The summed E-state index contributed by atoms with van der Waals surface area (Å²) in [6, 6.07) is 34.1. The summed E-state index contributed by atoms with van der Waals surface area (Å²) in [5.74, 6) is 0. The van der Waals surface area contributed by atoms with Crippen LogP contribution in [0, 0.1) is 10.1 Å². The van der Waals surface area contributed by atoms with Gasteiger partial charge in [0, 0.05) is 22.8 Å². The van der Waals surface area contributed by atoms with E-state index in [1.165, 1.54) is 18.2 Å². The molecule has 4 aromatic carbocycles. The Bertz CT molecular complexity index is 1390. The molecule has 5 aromatic rings. The number of nitro benzene ring substituents is 1. The average molecular weight is 496 g/mol. The molecule has 5 rings (SSSR count). The Morgan fingerprint density at radius 3 is 1.81 bits per heavy atom. The predicted octanol–water partition coefficient (Wildman–Crippen LogP) is 6.37. The second kappa shape index (κ2) is 9.77. The summed E-state index contributed by atoms with van der Waals surface area (Å²) in [7, 11) is 0. The van der Waals surface area contributed by atoms with Gasteiger partial charge in [-0.1, -0.05) is 103 Å². The molecule has 1 N–H and O–H groups in total. The SMILES string of the molecule is O=[N+]([O-])c1ccc(Cl)cc1C(O)c1cnn(C(c2ccccc2)(c2ccccc2)c2ccccc2)c1. The molecule has 1 aromatic heterocycles. The topological polar surface area (TPSA) is 81.2 Å². The van der Waals surface area contributed by atoms with E-state index in [-0.39, 0.29) is 11.3 Å². The van der Waals surface area contributed by atoms with Gasteiger partial charge in [0.05, 0.1) is 16.7 Å². The van der Waals surface area contributed by atoms with Gasteiger partial charge in [0.2, 0.25) is 0 Å². The van der Waals surface area contributed by atoms with Crippen LogP contribution in [0.5, 0.6) is 0 Å². The van der Waals surface area contributed by atoms with E-state index < -0.39 is 16.6 Å². The molecule has 1 atom stereocenters. The molecule has 0 amide bonds. The molecule has 1 heterocycles. The highest BCUT2D eigenvalue weighted by molar-refractivity contribution is 6.30. The minimum Gasteiger partial charge on any atom is -0.383 e. The van der Waals surface area contributed by atoms with Gasteiger partial charge >= 0.3 is 0 Å². The predicted molar refractivity (Wildman–Crippen MR) is 139 cm³/mol. The molecule has 36 heavy (non-hydrogen) atoms. The van der Waals surface area contributed by atoms with Crippen LogP contribution in [0.25, 0.3) is 0 Å². The van der Waals surface area contributed by atoms with Gasteiger partial charge in [0.1, 0.15) is 11.6 Å². The lowest BCUT2D eigenvalue weighted by atomic mass is 9.77. The van der Waals surface area contributed by atoms with E-state index in [0.29, 0.717) is 10.6 Å². The van der Waals surface area contributed by atoms with Crippen molar-refractivity contribution in [2.45, 2.75) is 11.6 Å². The molecule has 0 saturated carbocycles. The van der Waals surface area contributed by atoms with Crippen molar-refractivity contribution in [3.05, 3.63) is 165 Å². The number of benzene rings is 4. The maximum atomic E-state index is 11.6. The van der Waals surface area contributed by atoms with Gasteiger partial charge < -0.3 is 5.11 Å². The summed E-state index contributed by atoms with van der Waals surface area (Å²) < 4.78 is 1.81. The molecule has 0 fully saturated rings. The summed E-state index contributed by atoms with van der Waals surface area (Å²) in [5, 5.41) is 27.9. The van der Waals surface area contributed by atoms with Gasteiger partial charge in [0.15, 0.2) is 0 Å². The van der Waals surface area contributed by atoms with E-state index in [2.05, 4.69) is 0 Å². The monoisotopic (exact) mass is 495 g/mol. The van der Waals surface area contributed by atoms with Crippen LogP contribution in [-0.2, 0) is 5.54 Å². The molecule has 178 valence electrons. The van der Waals surface area contributed by atoms with E-state index in [1.54, 1.807) is 12.4 Å². The molecule has 0 aliphatic carbocycles. The Morgan fingerprint density at radius 1 is 0.833 bits per heavy atom. The average Bonchev–Trinajstić information content (AvgIpc) is 3.41. The van der Waals surface area contributed by atoms with Crippen molar-refractivity contribution >= 4 is 17.3 Å². The second-order valence-corrected chi connectivity index (χ2v) is 8.83. The number of rotatable bonds is 7. The van der Waals surface area contributed by atoms with Crippen LogP contribution in [0.15, 0.2) is 122 Å². The zero-order valence-corrected chi connectivity index (χ0v) is 19.9. The number of aliphatic hydroxyl groups is 1. The van der Waals surface area contributed by atoms with Crippen molar-refractivity contribution in [3.8, 4) is 0 Å². The molecule has 0 bridgehead atoms. The van der Waals surface area contributed by atoms with Crippen molar-refractivity contribution in [1.82, 2.24) is 9.78 Å².